The van der Waals surface area contributed by atoms with Crippen molar-refractivity contribution >= 4 is 24.0 Å². The van der Waals surface area contributed by atoms with Crippen LogP contribution in [0.4, 0.5) is 13.2 Å². The second kappa shape index (κ2) is 12.7. The van der Waals surface area contributed by atoms with Crippen molar-refractivity contribution in [3.05, 3.63) is 53.6 Å². The summed E-state index contributed by atoms with van der Waals surface area (Å²) in [5.41, 5.74) is -2.29. The maximum atomic E-state index is 12.9. The normalized spacial score (nSPS) is 12.2. The van der Waals surface area contributed by atoms with Crippen molar-refractivity contribution in [1.82, 2.24) is 0 Å². The van der Waals surface area contributed by atoms with E-state index >= 15 is 0 Å². The predicted molar refractivity (Wildman–Crippen MR) is 111 cm³/mol. The highest BCUT2D eigenvalue weighted by atomic mass is 19.4. The van der Waals surface area contributed by atoms with Gasteiger partial charge in [-0.1, -0.05) is 36.4 Å². The van der Waals surface area contributed by atoms with E-state index in [1.807, 2.05) is 0 Å². The van der Waals surface area contributed by atoms with Crippen molar-refractivity contribution < 1.29 is 41.8 Å². The van der Waals surface area contributed by atoms with Crippen LogP contribution in [0.5, 0.6) is 0 Å². The molecule has 0 aromatic heterocycles. The Morgan fingerprint density at radius 3 is 2.03 bits per heavy atom. The van der Waals surface area contributed by atoms with Gasteiger partial charge in [-0.2, -0.15) is 13.2 Å². The lowest BCUT2D eigenvalue weighted by atomic mass is 9.80. The summed E-state index contributed by atoms with van der Waals surface area (Å²) in [6.07, 6.45) is 1.03. The first-order chi connectivity index (χ1) is 15.1. The predicted octanol–water partition coefficient (Wildman–Crippen LogP) is 4.73. The minimum atomic E-state index is -4.49. The fourth-order valence-electron chi connectivity index (χ4n) is 2.77. The molecule has 0 saturated heterocycles. The summed E-state index contributed by atoms with van der Waals surface area (Å²) in [5.74, 6) is -2.12. The van der Waals surface area contributed by atoms with Crippen LogP contribution >= 0.6 is 0 Å². The average molecular weight is 456 g/mol. The average Bonchev–Trinajstić information content (AvgIpc) is 2.72. The second-order valence-corrected chi connectivity index (χ2v) is 6.73. The fourth-order valence-corrected chi connectivity index (χ4v) is 2.77. The van der Waals surface area contributed by atoms with Crippen LogP contribution in [0.1, 0.15) is 44.7 Å². The number of halogens is 3. The third-order valence-corrected chi connectivity index (χ3v) is 4.34. The van der Waals surface area contributed by atoms with Crippen molar-refractivity contribution in [2.24, 2.45) is 5.41 Å². The molecule has 0 N–H and O–H groups in total. The summed E-state index contributed by atoms with van der Waals surface area (Å²) in [6.45, 7) is 4.42. The van der Waals surface area contributed by atoms with Gasteiger partial charge in [-0.15, -0.1) is 0 Å². The topological polar surface area (TPSA) is 78.9 Å². The molecular formula is C23H27F3O6. The molecule has 0 spiro atoms. The van der Waals surface area contributed by atoms with E-state index in [4.69, 9.17) is 14.2 Å². The molecule has 0 bridgehead atoms. The SMILES string of the molecule is CCOC(=O)C(C/C=C/COC(C)=O)(C/C=C/c1cccc(C(F)(F)F)c1)C(=O)OCC. The molecule has 0 heterocycles. The van der Waals surface area contributed by atoms with Crippen molar-refractivity contribution in [1.29, 1.82) is 0 Å². The van der Waals surface area contributed by atoms with Gasteiger partial charge in [-0.05, 0) is 44.4 Å². The van der Waals surface area contributed by atoms with Crippen molar-refractivity contribution in [2.45, 2.75) is 39.8 Å². The number of carbonyl (C=O) groups excluding carboxylic acids is 3. The third-order valence-electron chi connectivity index (χ3n) is 4.34. The first-order valence-corrected chi connectivity index (χ1v) is 10.0. The second-order valence-electron chi connectivity index (χ2n) is 6.73. The molecule has 6 nitrogen and oxygen atoms in total. The minimum absolute atomic E-state index is 0.0223. The number of esters is 3. The van der Waals surface area contributed by atoms with Crippen LogP contribution in [-0.2, 0) is 34.8 Å². The molecule has 1 aromatic carbocycles. The Hall–Kier alpha value is -3.10. The van der Waals surface area contributed by atoms with Crippen LogP contribution in [0.15, 0.2) is 42.5 Å². The zero-order valence-electron chi connectivity index (χ0n) is 18.2. The van der Waals surface area contributed by atoms with Crippen LogP contribution in [-0.4, -0.2) is 37.7 Å². The molecule has 0 saturated carbocycles. The molecule has 1 rings (SSSR count). The molecule has 9 heteroatoms. The molecule has 0 aliphatic carbocycles. The van der Waals surface area contributed by atoms with Crippen molar-refractivity contribution in [3.8, 4) is 0 Å². The summed E-state index contributed by atoms with van der Waals surface area (Å²) in [4.78, 5) is 36.4. The highest BCUT2D eigenvalue weighted by Gasteiger charge is 2.47. The Morgan fingerprint density at radius 2 is 1.50 bits per heavy atom. The van der Waals surface area contributed by atoms with Gasteiger partial charge in [-0.25, -0.2) is 0 Å². The number of hydrogen-bond donors (Lipinski definition) is 0. The molecule has 176 valence electrons. The van der Waals surface area contributed by atoms with E-state index in [1.54, 1.807) is 13.8 Å². The van der Waals surface area contributed by atoms with Gasteiger partial charge in [0.1, 0.15) is 6.61 Å². The number of rotatable bonds is 11. The number of allylic oxidation sites excluding steroid dienone is 2. The molecule has 0 atom stereocenters. The maximum Gasteiger partial charge on any atom is 0.416 e. The lowest BCUT2D eigenvalue weighted by Crippen LogP contribution is -2.41. The summed E-state index contributed by atoms with van der Waals surface area (Å²) < 4.78 is 53.8. The standard InChI is InChI=1S/C23H27F3O6/c1-4-30-20(28)22(21(29)31-5-2,13-6-7-15-32-17(3)27)14-9-11-18-10-8-12-19(16-18)23(24,25)26/h6-12,16H,4-5,13-15H2,1-3H3/b7-6+,11-9+. The monoisotopic (exact) mass is 456 g/mol. The zero-order chi connectivity index (χ0) is 24.2. The van der Waals surface area contributed by atoms with E-state index in [-0.39, 0.29) is 38.2 Å². The Morgan fingerprint density at radius 1 is 0.906 bits per heavy atom. The first-order valence-electron chi connectivity index (χ1n) is 10.0. The number of ether oxygens (including phenoxy) is 3. The summed E-state index contributed by atoms with van der Waals surface area (Å²) in [5, 5.41) is 0. The van der Waals surface area contributed by atoms with Crippen LogP contribution in [0.25, 0.3) is 6.08 Å². The highest BCUT2D eigenvalue weighted by Crippen LogP contribution is 2.33. The maximum absolute atomic E-state index is 12.9. The van der Waals surface area contributed by atoms with Gasteiger partial charge in [0.05, 0.1) is 18.8 Å². The van der Waals surface area contributed by atoms with Crippen LogP contribution in [0, 0.1) is 5.41 Å². The quantitative estimate of drug-likeness (QED) is 0.207. The van der Waals surface area contributed by atoms with Gasteiger partial charge in [0.25, 0.3) is 0 Å². The molecule has 32 heavy (non-hydrogen) atoms. The Kier molecular flexibility index (Phi) is 10.7. The Labute approximate surface area is 185 Å². The fraction of sp³-hybridized carbons (Fsp3) is 0.435. The van der Waals surface area contributed by atoms with E-state index < -0.39 is 35.1 Å². The lowest BCUT2D eigenvalue weighted by molar-refractivity contribution is -0.171. The summed E-state index contributed by atoms with van der Waals surface area (Å²) in [7, 11) is 0. The number of carbonyl (C=O) groups is 3. The van der Waals surface area contributed by atoms with Crippen LogP contribution < -0.4 is 0 Å². The van der Waals surface area contributed by atoms with E-state index in [2.05, 4.69) is 0 Å². The molecule has 0 aliphatic heterocycles. The summed E-state index contributed by atoms with van der Waals surface area (Å²) in [6, 6.07) is 4.66. The van der Waals surface area contributed by atoms with E-state index in [1.165, 1.54) is 43.4 Å². The van der Waals surface area contributed by atoms with Gasteiger partial charge >= 0.3 is 24.1 Å². The van der Waals surface area contributed by atoms with Gasteiger partial charge in [-0.3, -0.25) is 14.4 Å². The van der Waals surface area contributed by atoms with E-state index in [9.17, 15) is 27.6 Å². The summed E-state index contributed by atoms with van der Waals surface area (Å²) >= 11 is 0. The largest absolute Gasteiger partial charge is 0.465 e. The van der Waals surface area contributed by atoms with Gasteiger partial charge in [0.2, 0.25) is 0 Å². The van der Waals surface area contributed by atoms with Crippen molar-refractivity contribution in [3.63, 3.8) is 0 Å². The van der Waals surface area contributed by atoms with Gasteiger partial charge < -0.3 is 14.2 Å². The van der Waals surface area contributed by atoms with Gasteiger partial charge in [0, 0.05) is 6.92 Å². The number of hydrogen-bond acceptors (Lipinski definition) is 6. The van der Waals surface area contributed by atoms with E-state index in [0.29, 0.717) is 0 Å². The smallest absolute Gasteiger partial charge is 0.416 e. The molecular weight excluding hydrogens is 429 g/mol. The number of alkyl halides is 3. The molecule has 0 fully saturated rings. The molecule has 1 aromatic rings. The molecule has 0 aliphatic rings. The Bertz CT molecular complexity index is 824. The number of benzene rings is 1. The molecule has 0 radical (unpaired) electrons. The van der Waals surface area contributed by atoms with Crippen LogP contribution in [0.2, 0.25) is 0 Å². The Balaban J connectivity index is 3.19. The van der Waals surface area contributed by atoms with Gasteiger partial charge in [0.15, 0.2) is 5.41 Å². The zero-order valence-corrected chi connectivity index (χ0v) is 18.2. The van der Waals surface area contributed by atoms with Crippen LogP contribution in [0.3, 0.4) is 0 Å². The highest BCUT2D eigenvalue weighted by molar-refractivity contribution is 6.00. The van der Waals surface area contributed by atoms with Crippen molar-refractivity contribution in [2.75, 3.05) is 19.8 Å². The lowest BCUT2D eigenvalue weighted by Gasteiger charge is -2.27. The molecule has 0 amide bonds. The molecule has 0 unspecified atom stereocenters. The first kappa shape index (κ1) is 26.9. The minimum Gasteiger partial charge on any atom is -0.465 e. The van der Waals surface area contributed by atoms with E-state index in [0.717, 1.165) is 12.1 Å². The third kappa shape index (κ3) is 8.20.